The summed E-state index contributed by atoms with van der Waals surface area (Å²) in [5, 5.41) is 8.85. The van der Waals surface area contributed by atoms with Gasteiger partial charge in [0.2, 0.25) is 0 Å². The highest BCUT2D eigenvalue weighted by Gasteiger charge is 2.11. The molecule has 3 nitrogen and oxygen atoms in total. The SMILES string of the molecule is CCC(Nc1ccn(C)n1)c1ccc(Cl)c(Cl)c1. The average molecular weight is 284 g/mol. The van der Waals surface area contributed by atoms with Gasteiger partial charge in [-0.05, 0) is 24.1 Å². The highest BCUT2D eigenvalue weighted by molar-refractivity contribution is 6.42. The lowest BCUT2D eigenvalue weighted by Crippen LogP contribution is -2.10. The van der Waals surface area contributed by atoms with Gasteiger partial charge in [-0.2, -0.15) is 5.10 Å². The Kier molecular flexibility index (Phi) is 4.15. The summed E-state index contributed by atoms with van der Waals surface area (Å²) in [7, 11) is 1.89. The first-order chi connectivity index (χ1) is 8.60. The van der Waals surface area contributed by atoms with Gasteiger partial charge in [-0.1, -0.05) is 36.2 Å². The summed E-state index contributed by atoms with van der Waals surface area (Å²) in [6.45, 7) is 2.11. The first-order valence-corrected chi connectivity index (χ1v) is 6.57. The molecule has 2 rings (SSSR count). The minimum Gasteiger partial charge on any atom is -0.362 e. The van der Waals surface area contributed by atoms with Crippen molar-refractivity contribution < 1.29 is 0 Å². The van der Waals surface area contributed by atoms with E-state index in [1.807, 2.05) is 37.5 Å². The third-order valence-electron chi connectivity index (χ3n) is 2.79. The minimum atomic E-state index is 0.176. The zero-order chi connectivity index (χ0) is 13.1. The number of hydrogen-bond donors (Lipinski definition) is 1. The van der Waals surface area contributed by atoms with Crippen LogP contribution in [0.15, 0.2) is 30.5 Å². The molecule has 0 saturated carbocycles. The van der Waals surface area contributed by atoms with Gasteiger partial charge in [0.05, 0.1) is 16.1 Å². The summed E-state index contributed by atoms with van der Waals surface area (Å²) in [5.41, 5.74) is 1.11. The monoisotopic (exact) mass is 283 g/mol. The fourth-order valence-electron chi connectivity index (χ4n) is 1.82. The molecule has 0 radical (unpaired) electrons. The van der Waals surface area contributed by atoms with Gasteiger partial charge < -0.3 is 5.32 Å². The fraction of sp³-hybridized carbons (Fsp3) is 0.308. The predicted octanol–water partition coefficient (Wildman–Crippen LogP) is 4.29. The number of aromatic nitrogens is 2. The molecule has 0 amide bonds. The van der Waals surface area contributed by atoms with Gasteiger partial charge in [-0.25, -0.2) is 0 Å². The van der Waals surface area contributed by atoms with Crippen molar-refractivity contribution >= 4 is 29.0 Å². The Balaban J connectivity index is 2.19. The van der Waals surface area contributed by atoms with Crippen LogP contribution < -0.4 is 5.32 Å². The number of benzene rings is 1. The van der Waals surface area contributed by atoms with E-state index < -0.39 is 0 Å². The smallest absolute Gasteiger partial charge is 0.148 e. The van der Waals surface area contributed by atoms with Crippen LogP contribution in [0.1, 0.15) is 24.9 Å². The Bertz CT molecular complexity index is 537. The van der Waals surface area contributed by atoms with E-state index in [0.717, 1.165) is 17.8 Å². The molecule has 0 spiro atoms. The highest BCUT2D eigenvalue weighted by Crippen LogP contribution is 2.28. The number of anilines is 1. The molecule has 1 atom stereocenters. The minimum absolute atomic E-state index is 0.176. The standard InChI is InChI=1S/C13H15Cl2N3/c1-3-12(16-13-6-7-18(2)17-13)9-4-5-10(14)11(15)8-9/h4-8,12H,3H2,1-2H3,(H,16,17). The van der Waals surface area contributed by atoms with Gasteiger partial charge >= 0.3 is 0 Å². The van der Waals surface area contributed by atoms with E-state index in [0.29, 0.717) is 10.0 Å². The van der Waals surface area contributed by atoms with Crippen molar-refractivity contribution in [2.24, 2.45) is 7.05 Å². The van der Waals surface area contributed by atoms with Crippen molar-refractivity contribution in [3.63, 3.8) is 0 Å². The molecule has 0 fully saturated rings. The quantitative estimate of drug-likeness (QED) is 0.907. The van der Waals surface area contributed by atoms with E-state index in [1.54, 1.807) is 4.68 Å². The van der Waals surface area contributed by atoms with Crippen LogP contribution >= 0.6 is 23.2 Å². The summed E-state index contributed by atoms with van der Waals surface area (Å²) in [6.07, 6.45) is 2.85. The molecule has 5 heteroatoms. The van der Waals surface area contributed by atoms with Gasteiger partial charge in [-0.3, -0.25) is 4.68 Å². The van der Waals surface area contributed by atoms with E-state index in [2.05, 4.69) is 17.3 Å². The fourth-order valence-corrected chi connectivity index (χ4v) is 2.13. The van der Waals surface area contributed by atoms with E-state index in [4.69, 9.17) is 23.2 Å². The maximum Gasteiger partial charge on any atom is 0.148 e. The molecule has 96 valence electrons. The topological polar surface area (TPSA) is 29.9 Å². The first kappa shape index (κ1) is 13.2. The molecule has 0 aliphatic carbocycles. The van der Waals surface area contributed by atoms with Crippen LogP contribution in [0.4, 0.5) is 5.82 Å². The molecular formula is C13H15Cl2N3. The highest BCUT2D eigenvalue weighted by atomic mass is 35.5. The second kappa shape index (κ2) is 5.63. The number of hydrogen-bond acceptors (Lipinski definition) is 2. The van der Waals surface area contributed by atoms with Crippen molar-refractivity contribution in [1.82, 2.24) is 9.78 Å². The second-order valence-electron chi connectivity index (χ2n) is 4.15. The van der Waals surface area contributed by atoms with Gasteiger partial charge in [0, 0.05) is 19.3 Å². The third-order valence-corrected chi connectivity index (χ3v) is 3.53. The van der Waals surface area contributed by atoms with Crippen LogP contribution in [-0.2, 0) is 7.05 Å². The molecule has 0 aliphatic rings. The number of rotatable bonds is 4. The lowest BCUT2D eigenvalue weighted by molar-refractivity contribution is 0.724. The molecule has 0 bridgehead atoms. The normalized spacial score (nSPS) is 12.4. The maximum absolute atomic E-state index is 6.04. The predicted molar refractivity (Wildman–Crippen MR) is 76.3 cm³/mol. The summed E-state index contributed by atoms with van der Waals surface area (Å²) < 4.78 is 1.77. The number of halogens is 2. The molecule has 18 heavy (non-hydrogen) atoms. The Labute approximate surface area is 117 Å². The van der Waals surface area contributed by atoms with Crippen molar-refractivity contribution in [3.05, 3.63) is 46.1 Å². The van der Waals surface area contributed by atoms with Crippen molar-refractivity contribution in [2.75, 3.05) is 5.32 Å². The zero-order valence-corrected chi connectivity index (χ0v) is 11.8. The Hall–Kier alpha value is -1.19. The van der Waals surface area contributed by atoms with Crippen molar-refractivity contribution in [3.8, 4) is 0 Å². The number of nitrogens with one attached hydrogen (secondary N) is 1. The molecule has 1 unspecified atom stereocenters. The summed E-state index contributed by atoms with van der Waals surface area (Å²) in [4.78, 5) is 0. The zero-order valence-electron chi connectivity index (χ0n) is 10.3. The van der Waals surface area contributed by atoms with Crippen LogP contribution in [0.5, 0.6) is 0 Å². The molecule has 1 heterocycles. The van der Waals surface area contributed by atoms with Crippen LogP contribution in [0, 0.1) is 0 Å². The van der Waals surface area contributed by atoms with E-state index in [9.17, 15) is 0 Å². The molecule has 0 saturated heterocycles. The maximum atomic E-state index is 6.04. The van der Waals surface area contributed by atoms with Gasteiger partial charge in [-0.15, -0.1) is 0 Å². The van der Waals surface area contributed by atoms with E-state index >= 15 is 0 Å². The Morgan fingerprint density at radius 2 is 2.06 bits per heavy atom. The van der Waals surface area contributed by atoms with Crippen molar-refractivity contribution in [1.29, 1.82) is 0 Å². The molecule has 1 aromatic carbocycles. The summed E-state index contributed by atoms with van der Waals surface area (Å²) >= 11 is 12.0. The first-order valence-electron chi connectivity index (χ1n) is 5.81. The lowest BCUT2D eigenvalue weighted by atomic mass is 10.0. The molecule has 2 aromatic rings. The average Bonchev–Trinajstić information content (AvgIpc) is 2.75. The largest absolute Gasteiger partial charge is 0.362 e. The third kappa shape index (κ3) is 2.98. The van der Waals surface area contributed by atoms with Gasteiger partial charge in [0.25, 0.3) is 0 Å². The summed E-state index contributed by atoms with van der Waals surface area (Å²) in [6, 6.07) is 7.82. The second-order valence-corrected chi connectivity index (χ2v) is 4.97. The van der Waals surface area contributed by atoms with Gasteiger partial charge in [0.1, 0.15) is 5.82 Å². The van der Waals surface area contributed by atoms with Gasteiger partial charge in [0.15, 0.2) is 0 Å². The van der Waals surface area contributed by atoms with Crippen molar-refractivity contribution in [2.45, 2.75) is 19.4 Å². The summed E-state index contributed by atoms with van der Waals surface area (Å²) in [5.74, 6) is 0.857. The molecule has 0 aliphatic heterocycles. The number of nitrogens with zero attached hydrogens (tertiary/aromatic N) is 2. The Morgan fingerprint density at radius 3 is 2.61 bits per heavy atom. The van der Waals surface area contributed by atoms with Crippen LogP contribution in [-0.4, -0.2) is 9.78 Å². The molecule has 1 aromatic heterocycles. The lowest BCUT2D eigenvalue weighted by Gasteiger charge is -2.17. The molecular weight excluding hydrogens is 269 g/mol. The Morgan fingerprint density at radius 1 is 1.28 bits per heavy atom. The number of aryl methyl sites for hydroxylation is 1. The van der Waals surface area contributed by atoms with E-state index in [-0.39, 0.29) is 6.04 Å². The van der Waals surface area contributed by atoms with Crippen LogP contribution in [0.2, 0.25) is 10.0 Å². The molecule has 1 N–H and O–H groups in total. The van der Waals surface area contributed by atoms with Crippen LogP contribution in [0.25, 0.3) is 0 Å². The van der Waals surface area contributed by atoms with E-state index in [1.165, 1.54) is 0 Å². The van der Waals surface area contributed by atoms with Crippen LogP contribution in [0.3, 0.4) is 0 Å².